The number of hydrogen-bond acceptors (Lipinski definition) is 0. The minimum Gasteiger partial charge on any atom is -0.112 e. The summed E-state index contributed by atoms with van der Waals surface area (Å²) >= 11 is 0. The molecule has 0 nitrogen and oxygen atoms in total. The van der Waals surface area contributed by atoms with Crippen molar-refractivity contribution in [1.29, 1.82) is 0 Å². The molecule has 0 aliphatic carbocycles. The molecule has 0 spiro atoms. The summed E-state index contributed by atoms with van der Waals surface area (Å²) in [6, 6.07) is 1.46. The summed E-state index contributed by atoms with van der Waals surface area (Å²) in [7, 11) is 2.52. The first kappa shape index (κ1) is 10.2. The van der Waals surface area contributed by atoms with Gasteiger partial charge >= 0.3 is 0 Å². The lowest BCUT2D eigenvalue weighted by Gasteiger charge is -1.67. The molecule has 0 rings (SSSR count). The lowest BCUT2D eigenvalue weighted by molar-refractivity contribution is 1.08. The highest BCUT2D eigenvalue weighted by atomic mass is 28.1. The molecule has 0 aliphatic rings. The Balaban J connectivity index is 0. The van der Waals surface area contributed by atoms with Crippen molar-refractivity contribution in [3.8, 4) is 0 Å². The van der Waals surface area contributed by atoms with E-state index in [4.69, 9.17) is 0 Å². The molecule has 0 aromatic heterocycles. The quantitative estimate of drug-likeness (QED) is 0.429. The van der Waals surface area contributed by atoms with Crippen LogP contribution in [0.4, 0.5) is 0 Å². The Morgan fingerprint density at radius 3 is 1.86 bits per heavy atom. The average Bonchev–Trinajstić information content (AvgIpc) is 1.69. The second-order valence-corrected chi connectivity index (χ2v) is 3.22. The molecule has 0 aliphatic heterocycles. The fourth-order valence-electron chi connectivity index (χ4n) is 0. The molecule has 7 heavy (non-hydrogen) atoms. The first-order valence-corrected chi connectivity index (χ1v) is 5.47. The topological polar surface area (TPSA) is 0 Å². The average molecular weight is 132 g/mol. The van der Waals surface area contributed by atoms with Gasteiger partial charge in [0, 0.05) is 20.5 Å². The van der Waals surface area contributed by atoms with Crippen LogP contribution >= 0.6 is 0 Å². The Labute approximate surface area is 52.9 Å². The van der Waals surface area contributed by atoms with E-state index < -0.39 is 0 Å². The zero-order chi connectivity index (χ0) is 6.12. The van der Waals surface area contributed by atoms with E-state index in [1.807, 2.05) is 5.70 Å². The van der Waals surface area contributed by atoms with Crippen molar-refractivity contribution in [3.63, 3.8) is 0 Å². The fourth-order valence-corrected chi connectivity index (χ4v) is 0. The third kappa shape index (κ3) is 78.1. The van der Waals surface area contributed by atoms with E-state index in [-0.39, 0.29) is 0 Å². The highest BCUT2D eigenvalue weighted by Crippen LogP contribution is 1.73. The molecule has 0 atom stereocenters. The van der Waals surface area contributed by atoms with E-state index in [9.17, 15) is 0 Å². The molecule has 0 aromatic rings. The second-order valence-electron chi connectivity index (χ2n) is 1.41. The van der Waals surface area contributed by atoms with E-state index >= 15 is 0 Å². The Hall–Kier alpha value is 0.174. The van der Waals surface area contributed by atoms with Gasteiger partial charge in [-0.3, -0.25) is 0 Å². The van der Waals surface area contributed by atoms with E-state index in [1.165, 1.54) is 22.7 Å². The van der Waals surface area contributed by atoms with Crippen LogP contribution in [0.15, 0.2) is 12.3 Å². The van der Waals surface area contributed by atoms with Gasteiger partial charge in [0.2, 0.25) is 0 Å². The molecule has 0 aromatic carbocycles. The van der Waals surface area contributed by atoms with Crippen molar-refractivity contribution in [2.45, 2.75) is 19.4 Å². The van der Waals surface area contributed by atoms with Crippen LogP contribution in [0.3, 0.4) is 0 Å². The normalized spacial score (nSPS) is 7.00. The van der Waals surface area contributed by atoms with Crippen LogP contribution in [0.1, 0.15) is 13.3 Å². The van der Waals surface area contributed by atoms with Gasteiger partial charge in [0.05, 0.1) is 0 Å². The zero-order valence-electron chi connectivity index (χ0n) is 5.70. The second kappa shape index (κ2) is 16.4. The molecule has 0 amide bonds. The molecule has 0 N–H and O–H groups in total. The van der Waals surface area contributed by atoms with Crippen LogP contribution in [0.2, 0.25) is 6.04 Å². The van der Waals surface area contributed by atoms with Crippen molar-refractivity contribution in [2.75, 3.05) is 0 Å². The minimum atomic E-state index is 1.13. The monoisotopic (exact) mass is 132 g/mol. The molecule has 2 heteroatoms. The van der Waals surface area contributed by atoms with Crippen molar-refractivity contribution in [3.05, 3.63) is 12.3 Å². The third-order valence-electron chi connectivity index (χ3n) is 0.500. The maximum atomic E-state index is 3.42. The summed E-state index contributed by atoms with van der Waals surface area (Å²) in [5.41, 5.74) is 1.89. The molecule has 0 saturated heterocycles. The van der Waals surface area contributed by atoms with Gasteiger partial charge in [-0.1, -0.05) is 19.4 Å². The minimum absolute atomic E-state index is 1.13. The van der Waals surface area contributed by atoms with Crippen molar-refractivity contribution in [2.24, 2.45) is 0 Å². The van der Waals surface area contributed by atoms with Crippen molar-refractivity contribution in [1.82, 2.24) is 0 Å². The zero-order valence-corrected chi connectivity index (χ0v) is 9.70. The maximum Gasteiger partial charge on any atom is 0.0283 e. The summed E-state index contributed by atoms with van der Waals surface area (Å²) in [5.74, 6) is 0. The van der Waals surface area contributed by atoms with Gasteiger partial charge in [-0.25, -0.2) is 0 Å². The van der Waals surface area contributed by atoms with Crippen LogP contribution in [0, 0.1) is 0 Å². The van der Waals surface area contributed by atoms with Gasteiger partial charge in [0.25, 0.3) is 0 Å². The highest BCUT2D eigenvalue weighted by molar-refractivity contribution is 6.16. The molecule has 0 bridgehead atoms. The molecule has 44 valence electrons. The van der Waals surface area contributed by atoms with Crippen molar-refractivity contribution < 1.29 is 0 Å². The standard InChI is InChI=1S/C3H10Si.C2H6Si/c1-2-3-4;1-2-3/h2-3H2,1,4H3;2H,1H2,3H3. The lowest BCUT2D eigenvalue weighted by atomic mass is 10.6. The van der Waals surface area contributed by atoms with Gasteiger partial charge in [0.1, 0.15) is 0 Å². The Kier molecular flexibility index (Phi) is 23.9. The third-order valence-corrected chi connectivity index (χ3v) is 1.50. The van der Waals surface area contributed by atoms with Gasteiger partial charge in [-0.2, -0.15) is 0 Å². The SMILES string of the molecule is C=C[SiH3].CCC[SiH3]. The van der Waals surface area contributed by atoms with Crippen LogP contribution in [0.25, 0.3) is 0 Å². The predicted molar refractivity (Wildman–Crippen MR) is 45.2 cm³/mol. The van der Waals surface area contributed by atoms with E-state index in [0.29, 0.717) is 0 Å². The van der Waals surface area contributed by atoms with Crippen LogP contribution < -0.4 is 0 Å². The molecule has 0 heterocycles. The summed E-state index contributed by atoms with van der Waals surface area (Å²) in [6.45, 7) is 5.64. The summed E-state index contributed by atoms with van der Waals surface area (Å²) < 4.78 is 0. The van der Waals surface area contributed by atoms with E-state index in [0.717, 1.165) is 10.2 Å². The summed E-state index contributed by atoms with van der Waals surface area (Å²) in [5, 5.41) is 0. The summed E-state index contributed by atoms with van der Waals surface area (Å²) in [6.07, 6.45) is 1.38. The maximum absolute atomic E-state index is 3.42. The summed E-state index contributed by atoms with van der Waals surface area (Å²) in [4.78, 5) is 0. The fraction of sp³-hybridized carbons (Fsp3) is 0.600. The largest absolute Gasteiger partial charge is 0.112 e. The van der Waals surface area contributed by atoms with Gasteiger partial charge in [-0.05, 0) is 0 Å². The molecule has 0 unspecified atom stereocenters. The molecular formula is C5H16Si2. The number of rotatable bonds is 1. The molecule has 0 radical (unpaired) electrons. The highest BCUT2D eigenvalue weighted by Gasteiger charge is 1.57. The number of hydrogen-bond donors (Lipinski definition) is 0. The Morgan fingerprint density at radius 1 is 1.71 bits per heavy atom. The molecular weight excluding hydrogens is 116 g/mol. The van der Waals surface area contributed by atoms with Gasteiger partial charge in [0.15, 0.2) is 0 Å². The first-order valence-electron chi connectivity index (χ1n) is 2.90. The predicted octanol–water partition coefficient (Wildman–Crippen LogP) is -0.325. The van der Waals surface area contributed by atoms with Crippen LogP contribution in [-0.2, 0) is 0 Å². The molecule has 0 fully saturated rings. The van der Waals surface area contributed by atoms with E-state index in [2.05, 4.69) is 13.5 Å². The first-order chi connectivity index (χ1) is 3.33. The van der Waals surface area contributed by atoms with Gasteiger partial charge < -0.3 is 0 Å². The lowest BCUT2D eigenvalue weighted by Crippen LogP contribution is -1.55. The molecule has 0 saturated carbocycles. The van der Waals surface area contributed by atoms with Crippen LogP contribution in [0.5, 0.6) is 0 Å². The Bertz CT molecular complexity index is 25.3. The van der Waals surface area contributed by atoms with Crippen LogP contribution in [-0.4, -0.2) is 20.5 Å². The Morgan fingerprint density at radius 2 is 1.86 bits per heavy atom. The smallest absolute Gasteiger partial charge is 0.0283 e. The van der Waals surface area contributed by atoms with E-state index in [1.54, 1.807) is 0 Å². The van der Waals surface area contributed by atoms with Crippen molar-refractivity contribution >= 4 is 20.5 Å². The van der Waals surface area contributed by atoms with Gasteiger partial charge in [-0.15, -0.1) is 12.3 Å².